The lowest BCUT2D eigenvalue weighted by molar-refractivity contribution is 0.104. The molecular formula is C16H16N2O2S3. The Morgan fingerprint density at radius 1 is 1.30 bits per heavy atom. The predicted molar refractivity (Wildman–Crippen MR) is 98.2 cm³/mol. The van der Waals surface area contributed by atoms with Gasteiger partial charge in [-0.1, -0.05) is 35.2 Å². The van der Waals surface area contributed by atoms with E-state index >= 15 is 0 Å². The van der Waals surface area contributed by atoms with Gasteiger partial charge in [-0.25, -0.2) is 0 Å². The summed E-state index contributed by atoms with van der Waals surface area (Å²) in [4.78, 5) is 16.1. The minimum atomic E-state index is -0.209. The second-order valence-electron chi connectivity index (χ2n) is 4.93. The standard InChI is InChI=1S/C16H16N2O2S3/c1-3-17-10-7-5-6-8-12(10)22-13(17)9-11(19)14-15(20)18(4-2)16(21)23-14/h5-9,20H,3-4H2,1-2H3. The van der Waals surface area contributed by atoms with Gasteiger partial charge in [0, 0.05) is 24.1 Å². The van der Waals surface area contributed by atoms with E-state index in [1.165, 1.54) is 0 Å². The van der Waals surface area contributed by atoms with Gasteiger partial charge in [-0.05, 0) is 38.2 Å². The van der Waals surface area contributed by atoms with E-state index in [4.69, 9.17) is 12.2 Å². The van der Waals surface area contributed by atoms with Crippen molar-refractivity contribution in [2.45, 2.75) is 25.3 Å². The molecule has 1 N–H and O–H groups in total. The Hall–Kier alpha value is -1.57. The van der Waals surface area contributed by atoms with E-state index in [1.807, 2.05) is 31.2 Å². The number of aromatic nitrogens is 1. The molecule has 0 saturated carbocycles. The fourth-order valence-corrected chi connectivity index (χ4v) is 4.99. The summed E-state index contributed by atoms with van der Waals surface area (Å²) in [6, 6.07) is 8.07. The largest absolute Gasteiger partial charge is 0.493 e. The molecule has 0 atom stereocenters. The van der Waals surface area contributed by atoms with Crippen LogP contribution in [0.5, 0.6) is 5.88 Å². The highest BCUT2D eigenvalue weighted by Crippen LogP contribution is 2.45. The van der Waals surface area contributed by atoms with Crippen molar-refractivity contribution in [1.29, 1.82) is 0 Å². The van der Waals surface area contributed by atoms with Gasteiger partial charge < -0.3 is 10.0 Å². The molecule has 0 amide bonds. The van der Waals surface area contributed by atoms with Crippen molar-refractivity contribution in [3.05, 3.63) is 44.2 Å². The first kappa shape index (κ1) is 16.3. The lowest BCUT2D eigenvalue weighted by Gasteiger charge is -2.17. The van der Waals surface area contributed by atoms with Crippen LogP contribution in [-0.2, 0) is 6.54 Å². The highest BCUT2D eigenvalue weighted by atomic mass is 32.2. The summed E-state index contributed by atoms with van der Waals surface area (Å²) in [7, 11) is 0. The highest BCUT2D eigenvalue weighted by molar-refractivity contribution is 8.03. The number of allylic oxidation sites excluding steroid dienone is 1. The van der Waals surface area contributed by atoms with Crippen LogP contribution < -0.4 is 4.90 Å². The molecule has 0 radical (unpaired) electrons. The minimum Gasteiger partial charge on any atom is -0.493 e. The SMILES string of the molecule is CCN1C(=CC(=O)c2sc(=S)n(CC)c2O)Sc2ccccc21. The van der Waals surface area contributed by atoms with E-state index in [1.54, 1.807) is 22.4 Å². The van der Waals surface area contributed by atoms with Gasteiger partial charge in [0.05, 0.1) is 10.7 Å². The maximum absolute atomic E-state index is 12.6. The summed E-state index contributed by atoms with van der Waals surface area (Å²) < 4.78 is 2.08. The number of fused-ring (bicyclic) bond motifs is 1. The molecule has 23 heavy (non-hydrogen) atoms. The lowest BCUT2D eigenvalue weighted by Crippen LogP contribution is -2.17. The van der Waals surface area contributed by atoms with Gasteiger partial charge >= 0.3 is 0 Å². The van der Waals surface area contributed by atoms with Crippen molar-refractivity contribution in [2.75, 3.05) is 11.4 Å². The number of rotatable bonds is 4. The molecular weight excluding hydrogens is 348 g/mol. The zero-order chi connectivity index (χ0) is 16.6. The summed E-state index contributed by atoms with van der Waals surface area (Å²) >= 11 is 7.92. The molecule has 7 heteroatoms. The third-order valence-electron chi connectivity index (χ3n) is 3.62. The fraction of sp³-hybridized carbons (Fsp3) is 0.250. The van der Waals surface area contributed by atoms with Crippen LogP contribution in [-0.4, -0.2) is 22.0 Å². The third kappa shape index (κ3) is 2.84. The van der Waals surface area contributed by atoms with Gasteiger partial charge in [-0.2, -0.15) is 0 Å². The van der Waals surface area contributed by atoms with Crippen LogP contribution in [0.1, 0.15) is 23.5 Å². The topological polar surface area (TPSA) is 45.5 Å². The summed E-state index contributed by atoms with van der Waals surface area (Å²) in [5, 5.41) is 11.1. The van der Waals surface area contributed by atoms with Crippen LogP contribution in [0.3, 0.4) is 0 Å². The molecule has 1 aromatic heterocycles. The molecule has 1 aliphatic rings. The normalized spacial score (nSPS) is 15.2. The van der Waals surface area contributed by atoms with E-state index in [2.05, 4.69) is 11.8 Å². The molecule has 1 aliphatic heterocycles. The Morgan fingerprint density at radius 2 is 2.04 bits per heavy atom. The van der Waals surface area contributed by atoms with Crippen molar-refractivity contribution in [2.24, 2.45) is 0 Å². The fourth-order valence-electron chi connectivity index (χ4n) is 2.50. The van der Waals surface area contributed by atoms with Gasteiger partial charge in [0.2, 0.25) is 11.7 Å². The van der Waals surface area contributed by atoms with Gasteiger partial charge in [0.15, 0.2) is 3.95 Å². The molecule has 2 heterocycles. The molecule has 120 valence electrons. The average Bonchev–Trinajstić information content (AvgIpc) is 3.03. The smallest absolute Gasteiger partial charge is 0.214 e. The Labute approximate surface area is 148 Å². The van der Waals surface area contributed by atoms with Crippen LogP contribution in [0.25, 0.3) is 0 Å². The minimum absolute atomic E-state index is 0.0343. The van der Waals surface area contributed by atoms with Crippen LogP contribution in [0, 0.1) is 3.95 Å². The van der Waals surface area contributed by atoms with E-state index < -0.39 is 0 Å². The zero-order valence-electron chi connectivity index (χ0n) is 12.8. The molecule has 0 fully saturated rings. The Bertz CT molecular complexity index is 851. The highest BCUT2D eigenvalue weighted by Gasteiger charge is 2.25. The second-order valence-corrected chi connectivity index (χ2v) is 7.63. The number of anilines is 1. The quantitative estimate of drug-likeness (QED) is 0.486. The van der Waals surface area contributed by atoms with Crippen LogP contribution in [0.15, 0.2) is 40.3 Å². The Kier molecular flexibility index (Phi) is 4.61. The van der Waals surface area contributed by atoms with Crippen molar-refractivity contribution in [3.8, 4) is 5.88 Å². The molecule has 4 nitrogen and oxygen atoms in total. The molecule has 0 saturated heterocycles. The van der Waals surface area contributed by atoms with Crippen molar-refractivity contribution in [3.63, 3.8) is 0 Å². The van der Waals surface area contributed by atoms with Crippen molar-refractivity contribution < 1.29 is 9.90 Å². The summed E-state index contributed by atoms with van der Waals surface area (Å²) in [6.07, 6.45) is 1.59. The number of hydrogen-bond acceptors (Lipinski definition) is 6. The van der Waals surface area contributed by atoms with E-state index in [-0.39, 0.29) is 11.7 Å². The number of hydrogen-bond donors (Lipinski definition) is 1. The van der Waals surface area contributed by atoms with Crippen LogP contribution >= 0.6 is 35.3 Å². The molecule has 0 spiro atoms. The van der Waals surface area contributed by atoms with Gasteiger partial charge in [0.1, 0.15) is 4.88 Å². The van der Waals surface area contributed by atoms with E-state index in [0.717, 1.165) is 33.5 Å². The maximum Gasteiger partial charge on any atom is 0.214 e. The lowest BCUT2D eigenvalue weighted by atomic mass is 10.3. The first-order valence-electron chi connectivity index (χ1n) is 7.29. The Morgan fingerprint density at radius 3 is 2.70 bits per heavy atom. The summed E-state index contributed by atoms with van der Waals surface area (Å²) in [6.45, 7) is 5.26. The molecule has 0 bridgehead atoms. The number of para-hydroxylation sites is 1. The zero-order valence-corrected chi connectivity index (χ0v) is 15.2. The first-order valence-corrected chi connectivity index (χ1v) is 9.34. The molecule has 2 aromatic rings. The number of carbonyl (C=O) groups excluding carboxylic acids is 1. The number of thioether (sulfide) groups is 1. The average molecular weight is 365 g/mol. The first-order chi connectivity index (χ1) is 11.1. The number of benzene rings is 1. The van der Waals surface area contributed by atoms with E-state index in [9.17, 15) is 9.90 Å². The second kappa shape index (κ2) is 6.51. The number of nitrogens with zero attached hydrogens (tertiary/aromatic N) is 2. The van der Waals surface area contributed by atoms with Crippen molar-refractivity contribution >= 4 is 46.8 Å². The molecule has 0 aliphatic carbocycles. The number of carbonyl (C=O) groups is 1. The number of aromatic hydroxyl groups is 1. The molecule has 1 aromatic carbocycles. The number of ketones is 1. The monoisotopic (exact) mass is 364 g/mol. The van der Waals surface area contributed by atoms with Crippen molar-refractivity contribution in [1.82, 2.24) is 4.57 Å². The molecule has 0 unspecified atom stereocenters. The van der Waals surface area contributed by atoms with Gasteiger partial charge in [0.25, 0.3) is 0 Å². The van der Waals surface area contributed by atoms with Crippen LogP contribution in [0.2, 0.25) is 0 Å². The summed E-state index contributed by atoms with van der Waals surface area (Å²) in [5.41, 5.74) is 1.11. The predicted octanol–water partition coefficient (Wildman–Crippen LogP) is 4.66. The Balaban J connectivity index is 1.96. The van der Waals surface area contributed by atoms with E-state index in [0.29, 0.717) is 15.4 Å². The van der Waals surface area contributed by atoms with Gasteiger partial charge in [-0.15, -0.1) is 0 Å². The molecule has 3 rings (SSSR count). The maximum atomic E-state index is 12.6. The van der Waals surface area contributed by atoms with Gasteiger partial charge in [-0.3, -0.25) is 9.36 Å². The summed E-state index contributed by atoms with van der Waals surface area (Å²) in [5.74, 6) is -0.243. The third-order valence-corrected chi connectivity index (χ3v) is 6.18. The van der Waals surface area contributed by atoms with Crippen LogP contribution in [0.4, 0.5) is 5.69 Å². The number of thiazole rings is 1.